The Labute approximate surface area is 615 Å². The van der Waals surface area contributed by atoms with Crippen molar-refractivity contribution in [3.63, 3.8) is 0 Å². The van der Waals surface area contributed by atoms with E-state index in [0.717, 1.165) is 79.1 Å². The second-order valence-electron chi connectivity index (χ2n) is 28.3. The molecule has 0 N–H and O–H groups in total. The Morgan fingerprint density at radius 2 is 0.709 bits per heavy atom. The molecule has 5 aliphatic rings. The summed E-state index contributed by atoms with van der Waals surface area (Å²) < 4.78 is 0. The lowest BCUT2D eigenvalue weighted by Crippen LogP contribution is -2.60. The Morgan fingerprint density at radius 3 is 1.24 bits per heavy atom. The molecule has 0 amide bonds. The molecule has 0 aliphatic carbocycles. The third-order valence-electron chi connectivity index (χ3n) is 21.4. The van der Waals surface area contributed by atoms with E-state index >= 15 is 0 Å². The molecule has 488 valence electrons. The van der Waals surface area contributed by atoms with Crippen molar-refractivity contribution in [1.82, 2.24) is 0 Å². The number of rotatable bonds is 9. The fraction of sp³-hybridized carbons (Fsp3) is 0.0526. The maximum absolute atomic E-state index is 2.72. The molecule has 0 saturated carbocycles. The highest BCUT2D eigenvalue weighted by molar-refractivity contribution is 8.00. The second-order valence-corrected chi connectivity index (χ2v) is 31.5. The van der Waals surface area contributed by atoms with Crippen LogP contribution in [0.1, 0.15) is 48.6 Å². The Kier molecular flexibility index (Phi) is 14.6. The summed E-state index contributed by atoms with van der Waals surface area (Å²) in [7, 11) is 0. The van der Waals surface area contributed by atoms with Crippen molar-refractivity contribution in [3.8, 4) is 33.4 Å². The summed E-state index contributed by atoms with van der Waals surface area (Å²) in [6.45, 7) is 6.91. The van der Waals surface area contributed by atoms with E-state index in [9.17, 15) is 0 Å². The number of hydrogen-bond donors (Lipinski definition) is 0. The van der Waals surface area contributed by atoms with Gasteiger partial charge in [0.1, 0.15) is 0 Å². The van der Waals surface area contributed by atoms with Crippen LogP contribution in [0.2, 0.25) is 0 Å². The lowest BCUT2D eigenvalue weighted by atomic mass is 9.34. The van der Waals surface area contributed by atoms with Crippen LogP contribution in [0.25, 0.3) is 33.4 Å². The van der Waals surface area contributed by atoms with Crippen molar-refractivity contribution in [2.45, 2.75) is 61.0 Å². The number of fused-ring (bicyclic) bond motifs is 10. The lowest BCUT2D eigenvalue weighted by Gasteiger charge is -2.46. The SMILES string of the molecule is CC(C)(C)c1cc(-c2ccccc2)c(N2c3cc(N4c5ccccc5Sc5ccccc54)ccc3B3c4ccc(N5c6ccccc6Sc6ccccc65)cc4Sc4cc(-c5ccc6c(c5)C(c5ccccc5)(c5ccccc5)c5ccccc5N6c5ccccc5)cc2c43)c(-c2ccccc2)c1. The van der Waals surface area contributed by atoms with Gasteiger partial charge in [-0.25, -0.2) is 0 Å². The highest BCUT2D eigenvalue weighted by atomic mass is 32.2. The third-order valence-corrected chi connectivity index (χ3v) is 24.8. The minimum atomic E-state index is -0.729. The van der Waals surface area contributed by atoms with Crippen molar-refractivity contribution in [2.75, 3.05) is 19.6 Å². The fourth-order valence-electron chi connectivity index (χ4n) is 16.8. The standard InChI is InChI=1S/C95H67BN4S3/c1-94(2,3)68-58-72(62-29-9-4-10-30-62)93(73(59-68)63-31-11-5-12-32-63)100-84-60-70(98-80-41-21-25-45-86(80)101-87-46-26-22-42-81(87)98)50-52-76(84)96-77-53-51-71(99-82-43-23-27-47-88(82)102-89-48-28-24-44-83(89)99)61-90(77)103-91-57-65(56-85(100)92(91)96)64-49-54-79-75(55-64)95(66-33-13-6-14-34-66,67-35-15-7-16-36-67)74-39-19-20-40-78(74)97(79)69-37-17-8-18-38-69/h4-61H,1-3H3. The van der Waals surface area contributed by atoms with E-state index in [0.29, 0.717) is 0 Å². The van der Waals surface area contributed by atoms with Gasteiger partial charge in [-0.2, -0.15) is 0 Å². The van der Waals surface area contributed by atoms with Crippen molar-refractivity contribution >= 4 is 127 Å². The molecule has 15 aromatic carbocycles. The van der Waals surface area contributed by atoms with Gasteiger partial charge in [-0.05, 0) is 194 Å². The summed E-state index contributed by atoms with van der Waals surface area (Å²) in [5.74, 6) is 0. The molecule has 5 heterocycles. The monoisotopic (exact) mass is 1370 g/mol. The summed E-state index contributed by atoms with van der Waals surface area (Å²) >= 11 is 5.62. The number of anilines is 12. The highest BCUT2D eigenvalue weighted by Gasteiger charge is 2.48. The predicted molar refractivity (Wildman–Crippen MR) is 436 cm³/mol. The van der Waals surface area contributed by atoms with Gasteiger partial charge in [0, 0.05) is 68.9 Å². The summed E-state index contributed by atoms with van der Waals surface area (Å²) in [4.78, 5) is 17.6. The van der Waals surface area contributed by atoms with E-state index in [2.05, 4.69) is 392 Å². The molecule has 103 heavy (non-hydrogen) atoms. The lowest BCUT2D eigenvalue weighted by molar-refractivity contribution is 0.591. The molecular weight excluding hydrogens is 1300 g/mol. The number of hydrogen-bond acceptors (Lipinski definition) is 7. The smallest absolute Gasteiger partial charge is 0.249 e. The van der Waals surface area contributed by atoms with Crippen LogP contribution in [-0.4, -0.2) is 6.71 Å². The Balaban J connectivity index is 0.906. The maximum Gasteiger partial charge on any atom is 0.249 e. The zero-order valence-corrected chi connectivity index (χ0v) is 59.5. The van der Waals surface area contributed by atoms with E-state index < -0.39 is 5.41 Å². The molecule has 0 unspecified atom stereocenters. The Morgan fingerprint density at radius 1 is 0.272 bits per heavy atom. The van der Waals surface area contributed by atoms with E-state index in [4.69, 9.17) is 0 Å². The van der Waals surface area contributed by atoms with Crippen molar-refractivity contribution in [1.29, 1.82) is 0 Å². The molecule has 5 aliphatic heterocycles. The van der Waals surface area contributed by atoms with Crippen LogP contribution in [0.3, 0.4) is 0 Å². The molecule has 0 atom stereocenters. The van der Waals surface area contributed by atoms with Crippen LogP contribution >= 0.6 is 35.3 Å². The fourth-order valence-corrected chi connectivity index (χ4v) is 20.2. The van der Waals surface area contributed by atoms with Crippen LogP contribution in [0.5, 0.6) is 0 Å². The molecule has 0 fully saturated rings. The topological polar surface area (TPSA) is 13.0 Å². The van der Waals surface area contributed by atoms with Crippen LogP contribution in [0.4, 0.5) is 68.2 Å². The van der Waals surface area contributed by atoms with E-state index in [1.165, 1.54) is 96.1 Å². The highest BCUT2D eigenvalue weighted by Crippen LogP contribution is 2.61. The molecule has 8 heteroatoms. The van der Waals surface area contributed by atoms with Gasteiger partial charge in [0.2, 0.25) is 6.71 Å². The molecule has 0 radical (unpaired) electrons. The number of nitrogens with zero attached hydrogens (tertiary/aromatic N) is 4. The van der Waals surface area contributed by atoms with Crippen LogP contribution < -0.4 is 36.0 Å². The average Bonchev–Trinajstić information content (AvgIpc) is 0.697. The van der Waals surface area contributed by atoms with Gasteiger partial charge in [0.15, 0.2) is 0 Å². The molecule has 15 aromatic rings. The van der Waals surface area contributed by atoms with Crippen LogP contribution in [-0.2, 0) is 10.8 Å². The molecule has 0 bridgehead atoms. The first-order valence-electron chi connectivity index (χ1n) is 35.5. The molecular formula is C95H67BN4S3. The number of para-hydroxylation sites is 6. The molecule has 0 saturated heterocycles. The maximum atomic E-state index is 2.72. The van der Waals surface area contributed by atoms with Crippen LogP contribution in [0, 0.1) is 0 Å². The first-order valence-corrected chi connectivity index (χ1v) is 37.9. The minimum absolute atomic E-state index is 0.157. The minimum Gasteiger partial charge on any atom is -0.310 e. The largest absolute Gasteiger partial charge is 0.310 e. The normalized spacial score (nSPS) is 14.0. The Hall–Kier alpha value is -11.4. The first kappa shape index (κ1) is 61.5. The van der Waals surface area contributed by atoms with Gasteiger partial charge in [-0.3, -0.25) is 0 Å². The van der Waals surface area contributed by atoms with Gasteiger partial charge in [-0.15, -0.1) is 0 Å². The van der Waals surface area contributed by atoms with Crippen LogP contribution in [0.15, 0.2) is 381 Å². The summed E-state index contributed by atoms with van der Waals surface area (Å²) in [6, 6.07) is 133. The van der Waals surface area contributed by atoms with Gasteiger partial charge >= 0.3 is 0 Å². The number of benzene rings is 15. The zero-order valence-electron chi connectivity index (χ0n) is 57.1. The van der Waals surface area contributed by atoms with Crippen molar-refractivity contribution < 1.29 is 0 Å². The van der Waals surface area contributed by atoms with Gasteiger partial charge < -0.3 is 19.6 Å². The molecule has 4 nitrogen and oxygen atoms in total. The summed E-state index contributed by atoms with van der Waals surface area (Å²) in [5, 5.41) is 0. The molecule has 0 spiro atoms. The second kappa shape index (κ2) is 24.4. The third kappa shape index (κ3) is 9.86. The molecule has 20 rings (SSSR count). The van der Waals surface area contributed by atoms with Crippen molar-refractivity contribution in [2.24, 2.45) is 0 Å². The van der Waals surface area contributed by atoms with Crippen molar-refractivity contribution in [3.05, 3.63) is 380 Å². The van der Waals surface area contributed by atoms with Gasteiger partial charge in [-0.1, -0.05) is 286 Å². The predicted octanol–water partition coefficient (Wildman–Crippen LogP) is 24.8. The quantitative estimate of drug-likeness (QED) is 0.132. The summed E-state index contributed by atoms with van der Waals surface area (Å²) in [6.07, 6.45) is 0. The molecule has 0 aromatic heterocycles. The Bertz CT molecular complexity index is 5690. The van der Waals surface area contributed by atoms with Gasteiger partial charge in [0.05, 0.1) is 45.2 Å². The van der Waals surface area contributed by atoms with E-state index in [-0.39, 0.29) is 12.1 Å². The van der Waals surface area contributed by atoms with E-state index in [1.54, 1.807) is 0 Å². The average molecular weight is 1370 g/mol. The van der Waals surface area contributed by atoms with Gasteiger partial charge in [0.25, 0.3) is 0 Å². The zero-order chi connectivity index (χ0) is 68.5. The first-order chi connectivity index (χ1) is 50.7. The van der Waals surface area contributed by atoms with E-state index in [1.807, 2.05) is 35.3 Å². The summed E-state index contributed by atoms with van der Waals surface area (Å²) in [5.41, 5.74) is 29.7.